The zero-order valence-corrected chi connectivity index (χ0v) is 12.4. The molecule has 0 spiro atoms. The Labute approximate surface area is 130 Å². The molecular formula is C18H17ClO2. The monoisotopic (exact) mass is 300 g/mol. The highest BCUT2D eigenvalue weighted by Crippen LogP contribution is 2.24. The van der Waals surface area contributed by atoms with E-state index < -0.39 is 5.97 Å². The van der Waals surface area contributed by atoms with Gasteiger partial charge in [0.25, 0.3) is 0 Å². The molecule has 2 rings (SSSR count). The van der Waals surface area contributed by atoms with Gasteiger partial charge in [0.15, 0.2) is 0 Å². The highest BCUT2D eigenvalue weighted by Gasteiger charge is 2.15. The van der Waals surface area contributed by atoms with Crippen LogP contribution in [-0.2, 0) is 16.0 Å². The Bertz CT molecular complexity index is 590. The number of halogens is 1. The Morgan fingerprint density at radius 1 is 1.14 bits per heavy atom. The summed E-state index contributed by atoms with van der Waals surface area (Å²) in [6.45, 7) is 3.45. The number of hydrogen-bond donors (Lipinski definition) is 0. The van der Waals surface area contributed by atoms with E-state index in [1.54, 1.807) is 0 Å². The standard InChI is InChI=1S/C18H17ClO2/c1-2-18(20)21-17(15-6-4-3-5-7-15)13-10-14-8-11-16(19)12-9-14/h2-9,11-12,17H,1,10,13H2. The summed E-state index contributed by atoms with van der Waals surface area (Å²) in [6.07, 6.45) is 2.44. The van der Waals surface area contributed by atoms with Crippen molar-refractivity contribution in [2.24, 2.45) is 0 Å². The fraction of sp³-hybridized carbons (Fsp3) is 0.167. The van der Waals surface area contributed by atoms with Crippen LogP contribution < -0.4 is 0 Å². The minimum absolute atomic E-state index is 0.271. The van der Waals surface area contributed by atoms with Crippen LogP contribution >= 0.6 is 11.6 Å². The number of rotatable bonds is 6. The Balaban J connectivity index is 2.07. The van der Waals surface area contributed by atoms with Crippen LogP contribution in [0.4, 0.5) is 0 Å². The first-order chi connectivity index (χ1) is 10.2. The number of aryl methyl sites for hydroxylation is 1. The SMILES string of the molecule is C=CC(=O)OC(CCc1ccc(Cl)cc1)c1ccccc1. The third-order valence-electron chi connectivity index (χ3n) is 3.20. The molecule has 0 N–H and O–H groups in total. The molecule has 1 unspecified atom stereocenters. The molecule has 3 heteroatoms. The number of carbonyl (C=O) groups is 1. The average molecular weight is 301 g/mol. The fourth-order valence-electron chi connectivity index (χ4n) is 2.10. The van der Waals surface area contributed by atoms with Crippen molar-refractivity contribution >= 4 is 17.6 Å². The predicted octanol–water partition coefficient (Wildman–Crippen LogP) is 4.74. The minimum Gasteiger partial charge on any atom is -0.454 e. The second-order valence-corrected chi connectivity index (χ2v) is 5.14. The lowest BCUT2D eigenvalue weighted by Crippen LogP contribution is -2.10. The summed E-state index contributed by atoms with van der Waals surface area (Å²) < 4.78 is 5.45. The number of esters is 1. The van der Waals surface area contributed by atoms with E-state index in [0.717, 1.165) is 22.6 Å². The summed E-state index contributed by atoms with van der Waals surface area (Å²) in [7, 11) is 0. The second kappa shape index (κ2) is 7.65. The Kier molecular flexibility index (Phi) is 5.59. The van der Waals surface area contributed by atoms with Crippen molar-refractivity contribution in [3.63, 3.8) is 0 Å². The molecule has 108 valence electrons. The normalized spacial score (nSPS) is 11.7. The lowest BCUT2D eigenvalue weighted by molar-refractivity contribution is -0.143. The molecular weight excluding hydrogens is 284 g/mol. The molecule has 0 aromatic heterocycles. The Morgan fingerprint density at radius 2 is 1.81 bits per heavy atom. The molecule has 0 radical (unpaired) electrons. The molecule has 0 saturated heterocycles. The van der Waals surface area contributed by atoms with Crippen LogP contribution in [-0.4, -0.2) is 5.97 Å². The lowest BCUT2D eigenvalue weighted by atomic mass is 10.0. The largest absolute Gasteiger partial charge is 0.454 e. The van der Waals surface area contributed by atoms with Crippen molar-refractivity contribution < 1.29 is 9.53 Å². The molecule has 0 bridgehead atoms. The van der Waals surface area contributed by atoms with Crippen LogP contribution in [0.5, 0.6) is 0 Å². The van der Waals surface area contributed by atoms with Crippen LogP contribution in [0.1, 0.15) is 23.7 Å². The summed E-state index contributed by atoms with van der Waals surface area (Å²) in [4.78, 5) is 11.5. The molecule has 0 saturated carbocycles. The number of ether oxygens (including phenoxy) is 1. The second-order valence-electron chi connectivity index (χ2n) is 4.71. The van der Waals surface area contributed by atoms with Gasteiger partial charge in [-0.15, -0.1) is 0 Å². The van der Waals surface area contributed by atoms with E-state index in [1.165, 1.54) is 6.08 Å². The third kappa shape index (κ3) is 4.76. The predicted molar refractivity (Wildman–Crippen MR) is 85.2 cm³/mol. The van der Waals surface area contributed by atoms with E-state index in [1.807, 2.05) is 54.6 Å². The van der Waals surface area contributed by atoms with Gasteiger partial charge in [0.1, 0.15) is 6.10 Å². The zero-order valence-electron chi connectivity index (χ0n) is 11.7. The van der Waals surface area contributed by atoms with Crippen LogP contribution in [0.3, 0.4) is 0 Å². The first-order valence-electron chi connectivity index (χ1n) is 6.81. The van der Waals surface area contributed by atoms with Gasteiger partial charge in [-0.1, -0.05) is 60.6 Å². The maximum Gasteiger partial charge on any atom is 0.330 e. The number of hydrogen-bond acceptors (Lipinski definition) is 2. The molecule has 1 atom stereocenters. The Morgan fingerprint density at radius 3 is 2.43 bits per heavy atom. The molecule has 2 aromatic carbocycles. The third-order valence-corrected chi connectivity index (χ3v) is 3.46. The molecule has 2 nitrogen and oxygen atoms in total. The Hall–Kier alpha value is -2.06. The van der Waals surface area contributed by atoms with Crippen LogP contribution in [0.15, 0.2) is 67.3 Å². The van der Waals surface area contributed by atoms with Crippen molar-refractivity contribution in [1.82, 2.24) is 0 Å². The van der Waals surface area contributed by atoms with E-state index in [-0.39, 0.29) is 6.10 Å². The van der Waals surface area contributed by atoms with Crippen LogP contribution in [0, 0.1) is 0 Å². The summed E-state index contributed by atoms with van der Waals surface area (Å²) >= 11 is 5.88. The van der Waals surface area contributed by atoms with Gasteiger partial charge >= 0.3 is 5.97 Å². The van der Waals surface area contributed by atoms with Crippen molar-refractivity contribution in [2.75, 3.05) is 0 Å². The van der Waals surface area contributed by atoms with Crippen molar-refractivity contribution in [3.8, 4) is 0 Å². The first kappa shape index (κ1) is 15.3. The highest BCUT2D eigenvalue weighted by atomic mass is 35.5. The van der Waals surface area contributed by atoms with E-state index in [4.69, 9.17) is 16.3 Å². The van der Waals surface area contributed by atoms with Crippen molar-refractivity contribution in [3.05, 3.63) is 83.4 Å². The molecule has 21 heavy (non-hydrogen) atoms. The fourth-order valence-corrected chi connectivity index (χ4v) is 2.22. The van der Waals surface area contributed by atoms with E-state index in [9.17, 15) is 4.79 Å². The van der Waals surface area contributed by atoms with Crippen molar-refractivity contribution in [2.45, 2.75) is 18.9 Å². The van der Waals surface area contributed by atoms with Gasteiger partial charge in [-0.3, -0.25) is 0 Å². The summed E-state index contributed by atoms with van der Waals surface area (Å²) in [6, 6.07) is 17.4. The molecule has 0 aliphatic carbocycles. The molecule has 0 heterocycles. The minimum atomic E-state index is -0.403. The zero-order chi connectivity index (χ0) is 15.1. The van der Waals surface area contributed by atoms with E-state index >= 15 is 0 Å². The lowest BCUT2D eigenvalue weighted by Gasteiger charge is -2.17. The van der Waals surface area contributed by atoms with Crippen molar-refractivity contribution in [1.29, 1.82) is 0 Å². The van der Waals surface area contributed by atoms with Gasteiger partial charge in [0, 0.05) is 11.1 Å². The molecule has 0 amide bonds. The van der Waals surface area contributed by atoms with Gasteiger partial charge in [-0.25, -0.2) is 4.79 Å². The van der Waals surface area contributed by atoms with Crippen LogP contribution in [0.25, 0.3) is 0 Å². The van der Waals surface area contributed by atoms with E-state index in [2.05, 4.69) is 6.58 Å². The molecule has 0 aliphatic rings. The first-order valence-corrected chi connectivity index (χ1v) is 7.19. The number of carbonyl (C=O) groups excluding carboxylic acids is 1. The summed E-state index contributed by atoms with van der Waals surface area (Å²) in [5.74, 6) is -0.403. The van der Waals surface area contributed by atoms with Crippen LogP contribution in [0.2, 0.25) is 5.02 Å². The van der Waals surface area contributed by atoms with Gasteiger partial charge in [0.05, 0.1) is 0 Å². The molecule has 2 aromatic rings. The highest BCUT2D eigenvalue weighted by molar-refractivity contribution is 6.30. The molecule has 0 fully saturated rings. The van der Waals surface area contributed by atoms with Gasteiger partial charge < -0.3 is 4.74 Å². The quantitative estimate of drug-likeness (QED) is 0.569. The van der Waals surface area contributed by atoms with E-state index in [0.29, 0.717) is 6.42 Å². The average Bonchev–Trinajstić information content (AvgIpc) is 2.53. The maximum atomic E-state index is 11.5. The van der Waals surface area contributed by atoms with Gasteiger partial charge in [0.2, 0.25) is 0 Å². The smallest absolute Gasteiger partial charge is 0.330 e. The molecule has 0 aliphatic heterocycles. The maximum absolute atomic E-state index is 11.5. The number of benzene rings is 2. The van der Waals surface area contributed by atoms with Gasteiger partial charge in [-0.2, -0.15) is 0 Å². The summed E-state index contributed by atoms with van der Waals surface area (Å²) in [5, 5.41) is 0.719. The topological polar surface area (TPSA) is 26.3 Å². The summed E-state index contributed by atoms with van der Waals surface area (Å²) in [5.41, 5.74) is 2.15. The van der Waals surface area contributed by atoms with Gasteiger partial charge in [-0.05, 0) is 36.1 Å².